The molecule has 0 spiro atoms. The van der Waals surface area contributed by atoms with Crippen LogP contribution in [0, 0.1) is 17.8 Å². The number of aliphatic hydroxyl groups excluding tert-OH is 1. The number of phosphoric ester groups is 2. The van der Waals surface area contributed by atoms with Crippen molar-refractivity contribution < 1.29 is 80.2 Å². The molecule has 0 aromatic rings. The van der Waals surface area contributed by atoms with Crippen molar-refractivity contribution in [3.63, 3.8) is 0 Å². The molecule has 19 heteroatoms. The molecule has 0 saturated carbocycles. The van der Waals surface area contributed by atoms with E-state index in [1.54, 1.807) is 0 Å². The van der Waals surface area contributed by atoms with Gasteiger partial charge in [0.25, 0.3) is 0 Å². The Morgan fingerprint density at radius 3 is 0.723 bits per heavy atom. The zero-order chi connectivity index (χ0) is 69.4. The van der Waals surface area contributed by atoms with Gasteiger partial charge in [0.2, 0.25) is 0 Å². The summed E-state index contributed by atoms with van der Waals surface area (Å²) in [6.07, 6.45) is 51.5. The van der Waals surface area contributed by atoms with Crippen LogP contribution in [0.15, 0.2) is 0 Å². The maximum atomic E-state index is 13.1. The van der Waals surface area contributed by atoms with Gasteiger partial charge in [0.1, 0.15) is 19.3 Å². The predicted molar refractivity (Wildman–Crippen MR) is 381 cm³/mol. The summed E-state index contributed by atoms with van der Waals surface area (Å²) in [5, 5.41) is 10.6. The number of rotatable bonds is 73. The molecule has 2 unspecified atom stereocenters. The second kappa shape index (κ2) is 65.7. The van der Waals surface area contributed by atoms with Crippen molar-refractivity contribution in [2.45, 2.75) is 401 Å². The lowest BCUT2D eigenvalue weighted by atomic mass is 10.0. The van der Waals surface area contributed by atoms with E-state index in [0.29, 0.717) is 25.7 Å². The third kappa shape index (κ3) is 68.6. The Balaban J connectivity index is 5.19. The lowest BCUT2D eigenvalue weighted by Gasteiger charge is -2.21. The molecule has 3 N–H and O–H groups in total. The van der Waals surface area contributed by atoms with E-state index in [9.17, 15) is 43.2 Å². The van der Waals surface area contributed by atoms with E-state index < -0.39 is 97.5 Å². The van der Waals surface area contributed by atoms with Crippen molar-refractivity contribution in [1.29, 1.82) is 0 Å². The van der Waals surface area contributed by atoms with Crippen LogP contribution in [-0.4, -0.2) is 96.7 Å². The quantitative estimate of drug-likeness (QED) is 0.0222. The van der Waals surface area contributed by atoms with Crippen LogP contribution >= 0.6 is 15.6 Å². The van der Waals surface area contributed by atoms with Gasteiger partial charge in [0, 0.05) is 25.7 Å². The number of aliphatic hydroxyl groups is 1. The van der Waals surface area contributed by atoms with Crippen molar-refractivity contribution in [2.75, 3.05) is 39.6 Å². The molecule has 17 nitrogen and oxygen atoms in total. The molecule has 0 radical (unpaired) electrons. The van der Waals surface area contributed by atoms with E-state index in [-0.39, 0.29) is 25.7 Å². The van der Waals surface area contributed by atoms with Crippen molar-refractivity contribution in [3.05, 3.63) is 0 Å². The summed E-state index contributed by atoms with van der Waals surface area (Å²) in [4.78, 5) is 72.6. The summed E-state index contributed by atoms with van der Waals surface area (Å²) in [7, 11) is -9.91. The lowest BCUT2D eigenvalue weighted by molar-refractivity contribution is -0.161. The average Bonchev–Trinajstić information content (AvgIpc) is 1.15. The molecule has 0 rings (SSSR count). The van der Waals surface area contributed by atoms with Crippen LogP contribution in [0.1, 0.15) is 382 Å². The number of carbonyl (C=O) groups is 4. The van der Waals surface area contributed by atoms with Crippen molar-refractivity contribution in [1.82, 2.24) is 0 Å². The summed E-state index contributed by atoms with van der Waals surface area (Å²) in [6.45, 7) is 11.9. The summed E-state index contributed by atoms with van der Waals surface area (Å²) < 4.78 is 68.4. The van der Waals surface area contributed by atoms with Gasteiger partial charge in [-0.15, -0.1) is 0 Å². The molecule has 0 heterocycles. The van der Waals surface area contributed by atoms with Gasteiger partial charge < -0.3 is 33.8 Å². The molecule has 0 fully saturated rings. The van der Waals surface area contributed by atoms with Gasteiger partial charge in [-0.2, -0.15) is 0 Å². The van der Waals surface area contributed by atoms with E-state index >= 15 is 0 Å². The van der Waals surface area contributed by atoms with E-state index in [4.69, 9.17) is 37.0 Å². The standard InChI is InChI=1S/C75H146O17P2/c1-8-9-10-11-32-42-49-56-72(77)85-62-70(91-75(80)59-52-45-38-31-25-24-28-35-41-48-55-68(6)7)64-89-93(81,82)87-60-69(76)61-88-94(83,84)90-65-71(63-86-73(78)57-50-43-36-29-22-19-18-21-27-34-40-47-54-67(4)5)92-74(79)58-51-44-37-30-23-17-15-13-12-14-16-20-26-33-39-46-53-66(2)3/h66-71,76H,8-65H2,1-7H3,(H,81,82)(H,83,84)/t69-,70+,71+/m0/s1. The first-order valence-electron chi connectivity index (χ1n) is 38.8. The zero-order valence-electron chi connectivity index (χ0n) is 61.4. The minimum Gasteiger partial charge on any atom is -0.462 e. The predicted octanol–water partition coefficient (Wildman–Crippen LogP) is 21.8. The van der Waals surface area contributed by atoms with Crippen LogP contribution < -0.4 is 0 Å². The molecule has 558 valence electrons. The Bertz CT molecular complexity index is 1840. The van der Waals surface area contributed by atoms with Gasteiger partial charge in [-0.25, -0.2) is 9.13 Å². The highest BCUT2D eigenvalue weighted by Gasteiger charge is 2.30. The molecule has 94 heavy (non-hydrogen) atoms. The molecule has 0 aliphatic carbocycles. The average molecular weight is 1380 g/mol. The number of hydrogen-bond donors (Lipinski definition) is 3. The van der Waals surface area contributed by atoms with Gasteiger partial charge in [0.15, 0.2) is 12.2 Å². The largest absolute Gasteiger partial charge is 0.472 e. The van der Waals surface area contributed by atoms with Gasteiger partial charge >= 0.3 is 39.5 Å². The highest BCUT2D eigenvalue weighted by molar-refractivity contribution is 7.47. The van der Waals surface area contributed by atoms with Gasteiger partial charge in [-0.05, 0) is 43.4 Å². The monoisotopic (exact) mass is 1380 g/mol. The fourth-order valence-corrected chi connectivity index (χ4v) is 13.0. The molecule has 0 aromatic heterocycles. The van der Waals surface area contributed by atoms with E-state index in [1.165, 1.54) is 180 Å². The van der Waals surface area contributed by atoms with Gasteiger partial charge in [0.05, 0.1) is 26.4 Å². The smallest absolute Gasteiger partial charge is 0.462 e. The molecule has 0 saturated heterocycles. The Hall–Kier alpha value is -1.94. The third-order valence-electron chi connectivity index (χ3n) is 17.4. The minimum absolute atomic E-state index is 0.105. The molecular formula is C75H146O17P2. The number of ether oxygens (including phenoxy) is 4. The third-order valence-corrected chi connectivity index (χ3v) is 19.3. The van der Waals surface area contributed by atoms with Crippen LogP contribution in [0.2, 0.25) is 0 Å². The first-order chi connectivity index (χ1) is 45.2. The molecule has 0 aliphatic rings. The van der Waals surface area contributed by atoms with Crippen molar-refractivity contribution in [3.8, 4) is 0 Å². The summed E-state index contributed by atoms with van der Waals surface area (Å²) in [6, 6.07) is 0. The maximum absolute atomic E-state index is 13.1. The SMILES string of the molecule is CCCCCCCCCC(=O)OC[C@H](COP(=O)(O)OC[C@H](O)COP(=O)(O)OC[C@@H](COC(=O)CCCCCCCCCCCCCCC(C)C)OC(=O)CCCCCCCCCCCCCCCCCCC(C)C)OC(=O)CCCCCCCCCCCCC(C)C. The molecule has 0 aliphatic heterocycles. The summed E-state index contributed by atoms with van der Waals surface area (Å²) in [5.74, 6) is 0.220. The molecular weight excluding hydrogens is 1230 g/mol. The number of esters is 4. The lowest BCUT2D eigenvalue weighted by Crippen LogP contribution is -2.30. The maximum Gasteiger partial charge on any atom is 0.472 e. The van der Waals surface area contributed by atoms with Crippen LogP contribution in [0.5, 0.6) is 0 Å². The Labute approximate surface area is 575 Å². The first-order valence-corrected chi connectivity index (χ1v) is 41.8. The van der Waals surface area contributed by atoms with Crippen molar-refractivity contribution >= 4 is 39.5 Å². The van der Waals surface area contributed by atoms with E-state index in [1.807, 2.05) is 0 Å². The second-order valence-corrected chi connectivity index (χ2v) is 31.4. The highest BCUT2D eigenvalue weighted by atomic mass is 31.2. The molecule has 0 amide bonds. The summed E-state index contributed by atoms with van der Waals surface area (Å²) >= 11 is 0. The van der Waals surface area contributed by atoms with Crippen molar-refractivity contribution in [2.24, 2.45) is 17.8 Å². The van der Waals surface area contributed by atoms with E-state index in [2.05, 4.69) is 48.5 Å². The van der Waals surface area contributed by atoms with Gasteiger partial charge in [-0.3, -0.25) is 37.3 Å². The molecule has 0 bridgehead atoms. The van der Waals surface area contributed by atoms with Crippen LogP contribution in [-0.2, 0) is 65.4 Å². The Morgan fingerprint density at radius 1 is 0.287 bits per heavy atom. The number of carbonyl (C=O) groups excluding carboxylic acids is 4. The van der Waals surface area contributed by atoms with Gasteiger partial charge in [-0.1, -0.05) is 331 Å². The number of unbranched alkanes of at least 4 members (excludes halogenated alkanes) is 41. The topological polar surface area (TPSA) is 237 Å². The zero-order valence-corrected chi connectivity index (χ0v) is 63.2. The number of phosphoric acid groups is 2. The van der Waals surface area contributed by atoms with Crippen LogP contribution in [0.25, 0.3) is 0 Å². The fraction of sp³-hybridized carbons (Fsp3) is 0.947. The van der Waals surface area contributed by atoms with Crippen LogP contribution in [0.3, 0.4) is 0 Å². The Morgan fingerprint density at radius 2 is 0.489 bits per heavy atom. The van der Waals surface area contributed by atoms with Crippen LogP contribution in [0.4, 0.5) is 0 Å². The second-order valence-electron chi connectivity index (χ2n) is 28.5. The molecule has 0 aromatic carbocycles. The minimum atomic E-state index is -4.96. The first kappa shape index (κ1) is 92.1. The fourth-order valence-electron chi connectivity index (χ4n) is 11.4. The van der Waals surface area contributed by atoms with E-state index in [0.717, 1.165) is 120 Å². The normalized spacial score (nSPS) is 14.1. The number of hydrogen-bond acceptors (Lipinski definition) is 15. The highest BCUT2D eigenvalue weighted by Crippen LogP contribution is 2.45. The molecule has 5 atom stereocenters. The Kier molecular flexibility index (Phi) is 64.3. The summed E-state index contributed by atoms with van der Waals surface area (Å²) in [5.41, 5.74) is 0.